The molecule has 2 atom stereocenters. The highest BCUT2D eigenvalue weighted by atomic mass is 16.2. The lowest BCUT2D eigenvalue weighted by Gasteiger charge is -2.23. The molecule has 3 heteroatoms. The zero-order chi connectivity index (χ0) is 10.6. The van der Waals surface area contributed by atoms with Crippen LogP contribution in [0.2, 0.25) is 0 Å². The molecule has 0 radical (unpaired) electrons. The SMILES string of the molecule is CCC(N)CN1CCC(C)CCC1=O. The van der Waals surface area contributed by atoms with E-state index in [1.165, 1.54) is 0 Å². The highest BCUT2D eigenvalue weighted by molar-refractivity contribution is 5.76. The van der Waals surface area contributed by atoms with Gasteiger partial charge in [-0.1, -0.05) is 13.8 Å². The molecule has 0 saturated carbocycles. The maximum absolute atomic E-state index is 11.7. The molecule has 3 nitrogen and oxygen atoms in total. The van der Waals surface area contributed by atoms with Gasteiger partial charge in [0.25, 0.3) is 0 Å². The normalized spacial score (nSPS) is 26.1. The standard InChI is InChI=1S/C11H22N2O/c1-3-10(12)8-13-7-6-9(2)4-5-11(13)14/h9-10H,3-8,12H2,1-2H3. The molecule has 1 rings (SSSR count). The smallest absolute Gasteiger partial charge is 0.222 e. The second kappa shape index (κ2) is 5.35. The number of carbonyl (C=O) groups excluding carboxylic acids is 1. The maximum atomic E-state index is 11.7. The summed E-state index contributed by atoms with van der Waals surface area (Å²) in [7, 11) is 0. The van der Waals surface area contributed by atoms with E-state index in [0.717, 1.165) is 32.4 Å². The van der Waals surface area contributed by atoms with E-state index in [2.05, 4.69) is 13.8 Å². The summed E-state index contributed by atoms with van der Waals surface area (Å²) in [6.45, 7) is 5.92. The predicted molar refractivity (Wildman–Crippen MR) is 57.9 cm³/mol. The number of carbonyl (C=O) groups is 1. The van der Waals surface area contributed by atoms with Crippen LogP contribution in [0.3, 0.4) is 0 Å². The molecule has 2 N–H and O–H groups in total. The van der Waals surface area contributed by atoms with Crippen LogP contribution in [-0.4, -0.2) is 29.9 Å². The molecule has 1 aliphatic heterocycles. The van der Waals surface area contributed by atoms with Gasteiger partial charge in [-0.2, -0.15) is 0 Å². The maximum Gasteiger partial charge on any atom is 0.222 e. The van der Waals surface area contributed by atoms with E-state index >= 15 is 0 Å². The van der Waals surface area contributed by atoms with Crippen LogP contribution in [0.4, 0.5) is 0 Å². The summed E-state index contributed by atoms with van der Waals surface area (Å²) >= 11 is 0. The third kappa shape index (κ3) is 3.29. The van der Waals surface area contributed by atoms with Gasteiger partial charge in [-0.15, -0.1) is 0 Å². The van der Waals surface area contributed by atoms with Crippen molar-refractivity contribution in [2.75, 3.05) is 13.1 Å². The molecule has 0 bridgehead atoms. The molecule has 2 unspecified atom stereocenters. The topological polar surface area (TPSA) is 46.3 Å². The summed E-state index contributed by atoms with van der Waals surface area (Å²) < 4.78 is 0. The molecule has 82 valence electrons. The Balaban J connectivity index is 2.45. The molecule has 0 aromatic heterocycles. The van der Waals surface area contributed by atoms with Gasteiger partial charge in [-0.25, -0.2) is 0 Å². The van der Waals surface area contributed by atoms with E-state index in [1.54, 1.807) is 0 Å². The number of nitrogens with zero attached hydrogens (tertiary/aromatic N) is 1. The van der Waals surface area contributed by atoms with Gasteiger partial charge < -0.3 is 10.6 Å². The molecular weight excluding hydrogens is 176 g/mol. The summed E-state index contributed by atoms with van der Waals surface area (Å²) in [6.07, 6.45) is 3.82. The van der Waals surface area contributed by atoms with Crippen molar-refractivity contribution < 1.29 is 4.79 Å². The van der Waals surface area contributed by atoms with Crippen LogP contribution in [0.5, 0.6) is 0 Å². The Hall–Kier alpha value is -0.570. The van der Waals surface area contributed by atoms with Crippen LogP contribution in [0.25, 0.3) is 0 Å². The highest BCUT2D eigenvalue weighted by Gasteiger charge is 2.20. The number of hydrogen-bond donors (Lipinski definition) is 1. The zero-order valence-corrected chi connectivity index (χ0v) is 9.33. The summed E-state index contributed by atoms with van der Waals surface area (Å²) in [5.41, 5.74) is 5.86. The Morgan fingerprint density at radius 3 is 2.93 bits per heavy atom. The molecule has 1 heterocycles. The van der Waals surface area contributed by atoms with Crippen molar-refractivity contribution in [3.05, 3.63) is 0 Å². The van der Waals surface area contributed by atoms with E-state index < -0.39 is 0 Å². The largest absolute Gasteiger partial charge is 0.341 e. The summed E-state index contributed by atoms with van der Waals surface area (Å²) in [5, 5.41) is 0. The number of nitrogens with two attached hydrogens (primary N) is 1. The minimum atomic E-state index is 0.146. The van der Waals surface area contributed by atoms with E-state index in [9.17, 15) is 4.79 Å². The fourth-order valence-corrected chi connectivity index (χ4v) is 1.78. The number of likely N-dealkylation sites (tertiary alicyclic amines) is 1. The minimum absolute atomic E-state index is 0.146. The number of hydrogen-bond acceptors (Lipinski definition) is 2. The molecule has 14 heavy (non-hydrogen) atoms. The average molecular weight is 198 g/mol. The molecular formula is C11H22N2O. The van der Waals surface area contributed by atoms with Crippen LogP contribution in [0, 0.1) is 5.92 Å². The Labute approximate surface area is 86.6 Å². The fourth-order valence-electron chi connectivity index (χ4n) is 1.78. The van der Waals surface area contributed by atoms with Gasteiger partial charge in [0.2, 0.25) is 5.91 Å². The zero-order valence-electron chi connectivity index (χ0n) is 9.33. The third-order valence-electron chi connectivity index (χ3n) is 3.07. The lowest BCUT2D eigenvalue weighted by Crippen LogP contribution is -2.40. The molecule has 1 saturated heterocycles. The number of rotatable bonds is 3. The van der Waals surface area contributed by atoms with Crippen molar-refractivity contribution in [2.24, 2.45) is 11.7 Å². The van der Waals surface area contributed by atoms with Crippen LogP contribution < -0.4 is 5.73 Å². The monoisotopic (exact) mass is 198 g/mol. The molecule has 0 aromatic rings. The van der Waals surface area contributed by atoms with Gasteiger partial charge >= 0.3 is 0 Å². The molecule has 1 fully saturated rings. The lowest BCUT2D eigenvalue weighted by atomic mass is 10.0. The summed E-state index contributed by atoms with van der Waals surface area (Å²) in [4.78, 5) is 13.6. The molecule has 0 aliphatic carbocycles. The molecule has 1 amide bonds. The van der Waals surface area contributed by atoms with Crippen molar-refractivity contribution >= 4 is 5.91 Å². The Morgan fingerprint density at radius 2 is 2.29 bits per heavy atom. The van der Waals surface area contributed by atoms with Crippen LogP contribution in [0.1, 0.15) is 39.5 Å². The lowest BCUT2D eigenvalue weighted by molar-refractivity contribution is -0.130. The van der Waals surface area contributed by atoms with Crippen LogP contribution >= 0.6 is 0 Å². The average Bonchev–Trinajstić information content (AvgIpc) is 2.33. The second-order valence-electron chi connectivity index (χ2n) is 4.44. The van der Waals surface area contributed by atoms with Crippen molar-refractivity contribution in [3.63, 3.8) is 0 Å². The van der Waals surface area contributed by atoms with E-state index in [4.69, 9.17) is 5.73 Å². The Morgan fingerprint density at radius 1 is 1.57 bits per heavy atom. The van der Waals surface area contributed by atoms with Crippen molar-refractivity contribution in [1.82, 2.24) is 4.90 Å². The van der Waals surface area contributed by atoms with E-state index in [-0.39, 0.29) is 6.04 Å². The number of amides is 1. The van der Waals surface area contributed by atoms with Crippen LogP contribution in [0.15, 0.2) is 0 Å². The molecule has 0 spiro atoms. The first-order chi connectivity index (χ1) is 6.63. The predicted octanol–water partition coefficient (Wildman–Crippen LogP) is 1.37. The van der Waals surface area contributed by atoms with E-state index in [0.29, 0.717) is 18.2 Å². The van der Waals surface area contributed by atoms with Gasteiger partial charge in [-0.3, -0.25) is 4.79 Å². The summed E-state index contributed by atoms with van der Waals surface area (Å²) in [6, 6.07) is 0.146. The summed E-state index contributed by atoms with van der Waals surface area (Å²) in [5.74, 6) is 0.972. The Bertz CT molecular complexity index is 194. The van der Waals surface area contributed by atoms with Crippen molar-refractivity contribution in [2.45, 2.75) is 45.6 Å². The second-order valence-corrected chi connectivity index (χ2v) is 4.44. The third-order valence-corrected chi connectivity index (χ3v) is 3.07. The van der Waals surface area contributed by atoms with Gasteiger partial charge in [0.05, 0.1) is 0 Å². The van der Waals surface area contributed by atoms with E-state index in [1.807, 2.05) is 4.90 Å². The van der Waals surface area contributed by atoms with Gasteiger partial charge in [-0.05, 0) is 25.2 Å². The quantitative estimate of drug-likeness (QED) is 0.744. The first-order valence-corrected chi connectivity index (χ1v) is 5.66. The highest BCUT2D eigenvalue weighted by Crippen LogP contribution is 2.17. The van der Waals surface area contributed by atoms with Crippen molar-refractivity contribution in [3.8, 4) is 0 Å². The first-order valence-electron chi connectivity index (χ1n) is 5.66. The van der Waals surface area contributed by atoms with Crippen molar-refractivity contribution in [1.29, 1.82) is 0 Å². The van der Waals surface area contributed by atoms with Gasteiger partial charge in [0, 0.05) is 25.6 Å². The molecule has 1 aliphatic rings. The Kier molecular flexibility index (Phi) is 4.39. The van der Waals surface area contributed by atoms with Crippen LogP contribution in [-0.2, 0) is 4.79 Å². The molecule has 0 aromatic carbocycles. The fraction of sp³-hybridized carbons (Fsp3) is 0.909. The first kappa shape index (κ1) is 11.5. The minimum Gasteiger partial charge on any atom is -0.341 e. The van der Waals surface area contributed by atoms with Gasteiger partial charge in [0.15, 0.2) is 0 Å². The van der Waals surface area contributed by atoms with Gasteiger partial charge in [0.1, 0.15) is 0 Å².